The van der Waals surface area contributed by atoms with Gasteiger partial charge in [-0.15, -0.1) is 0 Å². The highest BCUT2D eigenvalue weighted by Crippen LogP contribution is 2.25. The van der Waals surface area contributed by atoms with Gasteiger partial charge >= 0.3 is 0 Å². The molecule has 5 saturated heterocycles. The molecule has 0 aliphatic carbocycles. The zero-order chi connectivity index (χ0) is 84.6. The summed E-state index contributed by atoms with van der Waals surface area (Å²) in [6, 6.07) is 0. The third-order valence-corrected chi connectivity index (χ3v) is 23.5. The molecule has 10 amide bonds. The standard InChI is InChI=1S/C21H40N2O2.C20H38N2O2.C19H36N2O2.C18H34N2O2.C17H32N2O2/c1-3-5-7-8-9-10-11-12-13-14-16-23-18-19(17-20(23)24)21(25)22-15-6-4-2;1-3-5-7-8-9-10-11-12-13-15-22-17-18(16-19(22)23)20(24)21-14-6-4-2;1-3-5-7-8-9-10-11-12-14-21-16-17(15-18(21)22)19(23)20-13-6-4-2;1-3-5-7-8-9-10-11-13-20-15-16(14-17(20)21)18(22)19-12-6-4-2;1-3-5-7-8-9-10-12-19-14-15(13-16(19)20)17(21)18-11-6-4-2/h19H,3-18H2,1-2H3,(H,22,25);18H,3-17H2,1-2H3,(H,21,24);17H,3-16H2,1-2H3,(H,20,23);16H,3-15H2,1-2H3,(H,19,22);15H,3-14H2,1-2H3,(H,18,21). The van der Waals surface area contributed by atoms with Crippen molar-refractivity contribution in [3.8, 4) is 0 Å². The third-order valence-electron chi connectivity index (χ3n) is 23.5. The lowest BCUT2D eigenvalue weighted by molar-refractivity contribution is -0.129. The monoisotopic (exact) mass is 1620 g/mol. The lowest BCUT2D eigenvalue weighted by Gasteiger charge is -2.16. The second-order valence-corrected chi connectivity index (χ2v) is 34.3. The van der Waals surface area contributed by atoms with Gasteiger partial charge in [0.2, 0.25) is 59.1 Å². The number of rotatable bonds is 65. The van der Waals surface area contributed by atoms with Gasteiger partial charge in [-0.05, 0) is 64.2 Å². The van der Waals surface area contributed by atoms with E-state index in [1.165, 1.54) is 225 Å². The van der Waals surface area contributed by atoms with Gasteiger partial charge in [0.05, 0.1) is 29.6 Å². The minimum absolute atomic E-state index is 0.0576. The van der Waals surface area contributed by atoms with Gasteiger partial charge in [0.25, 0.3) is 0 Å². The van der Waals surface area contributed by atoms with Gasteiger partial charge in [-0.3, -0.25) is 47.9 Å². The predicted molar refractivity (Wildman–Crippen MR) is 476 cm³/mol. The highest BCUT2D eigenvalue weighted by atomic mass is 16.2. The van der Waals surface area contributed by atoms with Gasteiger partial charge in [-0.25, -0.2) is 0 Å². The summed E-state index contributed by atoms with van der Waals surface area (Å²) < 4.78 is 0. The zero-order valence-corrected chi connectivity index (χ0v) is 76.2. The molecule has 5 fully saturated rings. The SMILES string of the molecule is CCCCCCCCCCCCN1CC(C(=O)NCCCC)CC1=O.CCCCCCCCCCCN1CC(C(=O)NCCCC)CC1=O.CCCCCCCCCCN1CC(C(=O)NCCCC)CC1=O.CCCCCCCCCN1CC(C(=O)NCCCC)CC1=O.CCCCCCCCN1CC(C(=O)NCCCC)CC1=O. The fourth-order valence-electron chi connectivity index (χ4n) is 15.7. The van der Waals surface area contributed by atoms with E-state index in [1.54, 1.807) is 0 Å². The van der Waals surface area contributed by atoms with Crippen molar-refractivity contribution in [2.45, 2.75) is 422 Å². The molecule has 5 N–H and O–H groups in total. The average Bonchev–Trinajstić information content (AvgIpc) is 1.76. The fourth-order valence-corrected chi connectivity index (χ4v) is 15.7. The van der Waals surface area contributed by atoms with Crippen LogP contribution in [-0.2, 0) is 47.9 Å². The molecule has 0 spiro atoms. The predicted octanol–water partition coefficient (Wildman–Crippen LogP) is 19.5. The Labute approximate surface area is 704 Å². The van der Waals surface area contributed by atoms with Crippen LogP contribution >= 0.6 is 0 Å². The largest absolute Gasteiger partial charge is 0.356 e. The highest BCUT2D eigenvalue weighted by Gasteiger charge is 2.38. The van der Waals surface area contributed by atoms with Gasteiger partial charge in [0.1, 0.15) is 0 Å². The van der Waals surface area contributed by atoms with Crippen molar-refractivity contribution in [1.29, 1.82) is 0 Å². The van der Waals surface area contributed by atoms with Crippen molar-refractivity contribution >= 4 is 59.1 Å². The summed E-state index contributed by atoms with van der Waals surface area (Å²) in [7, 11) is 0. The van der Waals surface area contributed by atoms with E-state index in [1.807, 2.05) is 24.5 Å². The van der Waals surface area contributed by atoms with Crippen LogP contribution in [0, 0.1) is 29.6 Å². The summed E-state index contributed by atoms with van der Waals surface area (Å²) in [5.41, 5.74) is 0. The molecule has 0 saturated carbocycles. The first-order chi connectivity index (χ1) is 55.9. The Morgan fingerprint density at radius 2 is 0.322 bits per heavy atom. The van der Waals surface area contributed by atoms with E-state index in [-0.39, 0.29) is 88.7 Å². The molecule has 20 heteroatoms. The first-order valence-corrected chi connectivity index (χ1v) is 48.7. The van der Waals surface area contributed by atoms with Crippen LogP contribution in [0.15, 0.2) is 0 Å². The molecule has 0 aromatic carbocycles. The molecule has 0 aromatic heterocycles. The molecule has 5 unspecified atom stereocenters. The summed E-state index contributed by atoms with van der Waals surface area (Å²) in [5, 5.41) is 14.7. The Hall–Kier alpha value is -5.30. The summed E-state index contributed by atoms with van der Waals surface area (Å²) >= 11 is 0. The number of nitrogens with zero attached hydrogens (tertiary/aromatic N) is 5. The van der Waals surface area contributed by atoms with Crippen LogP contribution in [-0.4, -0.2) is 182 Å². The van der Waals surface area contributed by atoms with E-state index in [2.05, 4.69) is 95.8 Å². The molecule has 115 heavy (non-hydrogen) atoms. The summed E-state index contributed by atoms with van der Waals surface area (Å²) in [5.74, 6) is 0.424. The number of nitrogens with one attached hydrogen (secondary N) is 5. The van der Waals surface area contributed by atoms with Crippen LogP contribution in [0.5, 0.6) is 0 Å². The minimum Gasteiger partial charge on any atom is -0.356 e. The van der Waals surface area contributed by atoms with E-state index in [0.29, 0.717) is 64.8 Å². The number of amides is 10. The number of unbranched alkanes of at least 4 members (excludes halogenated alkanes) is 40. The molecule has 0 aromatic rings. The maximum atomic E-state index is 12.1. The Morgan fingerprint density at radius 3 is 0.452 bits per heavy atom. The first-order valence-electron chi connectivity index (χ1n) is 48.7. The number of carbonyl (C=O) groups excluding carboxylic acids is 10. The number of hydrogen-bond acceptors (Lipinski definition) is 10. The first kappa shape index (κ1) is 108. The lowest BCUT2D eigenvalue weighted by atomic mass is 10.1. The van der Waals surface area contributed by atoms with E-state index >= 15 is 0 Å². The van der Waals surface area contributed by atoms with Crippen LogP contribution in [0.4, 0.5) is 0 Å². The molecule has 20 nitrogen and oxygen atoms in total. The summed E-state index contributed by atoms with van der Waals surface area (Å²) in [6.07, 6.45) is 63.5. The number of carbonyl (C=O) groups is 10. The molecular formula is C95H180N10O10. The fraction of sp³-hybridized carbons (Fsp3) is 0.895. The van der Waals surface area contributed by atoms with E-state index in [4.69, 9.17) is 0 Å². The summed E-state index contributed by atoms with van der Waals surface area (Å²) in [4.78, 5) is 130. The van der Waals surface area contributed by atoms with Gasteiger partial charge in [-0.1, -0.05) is 326 Å². The van der Waals surface area contributed by atoms with Crippen LogP contribution in [0.3, 0.4) is 0 Å². The van der Waals surface area contributed by atoms with E-state index < -0.39 is 0 Å². The van der Waals surface area contributed by atoms with Crippen LogP contribution in [0.2, 0.25) is 0 Å². The van der Waals surface area contributed by atoms with Crippen LogP contribution in [0.1, 0.15) is 422 Å². The molecule has 0 radical (unpaired) electrons. The Kier molecular flexibility index (Phi) is 70.2. The highest BCUT2D eigenvalue weighted by molar-refractivity contribution is 5.92. The molecule has 0 bridgehead atoms. The van der Waals surface area contributed by atoms with Crippen LogP contribution in [0.25, 0.3) is 0 Å². The molecule has 670 valence electrons. The quantitative estimate of drug-likeness (QED) is 0.0360. The Morgan fingerprint density at radius 1 is 0.200 bits per heavy atom. The van der Waals surface area contributed by atoms with Crippen molar-refractivity contribution < 1.29 is 47.9 Å². The molecular weight excluding hydrogens is 1440 g/mol. The van der Waals surface area contributed by atoms with Crippen molar-refractivity contribution in [3.05, 3.63) is 0 Å². The van der Waals surface area contributed by atoms with Gasteiger partial charge in [0.15, 0.2) is 0 Å². The molecule has 5 aliphatic rings. The smallest absolute Gasteiger partial charge is 0.225 e. The maximum Gasteiger partial charge on any atom is 0.225 e. The Balaban J connectivity index is 0.000000720. The summed E-state index contributed by atoms with van der Waals surface area (Å²) in [6.45, 7) is 32.6. The third kappa shape index (κ3) is 55.2. The lowest BCUT2D eigenvalue weighted by Crippen LogP contribution is -2.33. The number of likely N-dealkylation sites (tertiary alicyclic amines) is 5. The second kappa shape index (κ2) is 75.0. The van der Waals surface area contributed by atoms with E-state index in [0.717, 1.165) is 162 Å². The number of hydrogen-bond donors (Lipinski definition) is 5. The Bertz CT molecular complexity index is 2490. The second-order valence-electron chi connectivity index (χ2n) is 34.3. The van der Waals surface area contributed by atoms with Crippen molar-refractivity contribution in [3.63, 3.8) is 0 Å². The molecule has 5 rings (SSSR count). The van der Waals surface area contributed by atoms with Crippen molar-refractivity contribution in [2.24, 2.45) is 29.6 Å². The maximum absolute atomic E-state index is 12.1. The normalized spacial score (nSPS) is 17.7. The van der Waals surface area contributed by atoms with Crippen LogP contribution < -0.4 is 26.6 Å². The molecule has 5 atom stereocenters. The van der Waals surface area contributed by atoms with Gasteiger partial charge < -0.3 is 51.1 Å². The average molecular weight is 1620 g/mol. The van der Waals surface area contributed by atoms with E-state index in [9.17, 15) is 47.9 Å². The molecule has 5 heterocycles. The van der Waals surface area contributed by atoms with Gasteiger partial charge in [0, 0.05) is 130 Å². The minimum atomic E-state index is -0.132. The van der Waals surface area contributed by atoms with Crippen molar-refractivity contribution in [2.75, 3.05) is 98.2 Å². The molecule has 5 aliphatic heterocycles. The van der Waals surface area contributed by atoms with Gasteiger partial charge in [-0.2, -0.15) is 0 Å². The zero-order valence-electron chi connectivity index (χ0n) is 76.2. The topological polar surface area (TPSA) is 247 Å². The van der Waals surface area contributed by atoms with Crippen molar-refractivity contribution in [1.82, 2.24) is 51.1 Å².